The molecule has 1 unspecified atom stereocenters. The molecule has 4 heteroatoms. The molecular weight excluding hydrogens is 240 g/mol. The van der Waals surface area contributed by atoms with E-state index in [0.29, 0.717) is 12.5 Å². The van der Waals surface area contributed by atoms with Crippen molar-refractivity contribution in [1.29, 1.82) is 0 Å². The fourth-order valence-corrected chi connectivity index (χ4v) is 2.40. The van der Waals surface area contributed by atoms with E-state index in [0.717, 1.165) is 16.9 Å². The molecule has 0 bridgehead atoms. The normalized spacial score (nSPS) is 22.1. The summed E-state index contributed by atoms with van der Waals surface area (Å²) < 4.78 is 7.88. The highest BCUT2D eigenvalue weighted by molar-refractivity contribution is 5.37. The van der Waals surface area contributed by atoms with E-state index in [4.69, 9.17) is 4.74 Å². The number of hydrogen-bond donors (Lipinski definition) is 1. The van der Waals surface area contributed by atoms with Crippen LogP contribution in [-0.4, -0.2) is 14.9 Å². The minimum Gasteiger partial charge on any atom is -0.485 e. The van der Waals surface area contributed by atoms with Crippen LogP contribution in [0.15, 0.2) is 36.7 Å². The lowest BCUT2D eigenvalue weighted by molar-refractivity contribution is 0.0657. The number of rotatable bonds is 2. The van der Waals surface area contributed by atoms with Gasteiger partial charge in [0.15, 0.2) is 0 Å². The zero-order chi connectivity index (χ0) is 13.4. The van der Waals surface area contributed by atoms with Gasteiger partial charge in [0.1, 0.15) is 11.9 Å². The number of benzene rings is 1. The van der Waals surface area contributed by atoms with Crippen LogP contribution in [0.4, 0.5) is 0 Å². The van der Waals surface area contributed by atoms with Gasteiger partial charge in [-0.05, 0) is 19.9 Å². The largest absolute Gasteiger partial charge is 0.485 e. The number of aliphatic hydroxyl groups excluding tert-OH is 1. The van der Waals surface area contributed by atoms with Crippen molar-refractivity contribution in [3.8, 4) is 5.75 Å². The summed E-state index contributed by atoms with van der Waals surface area (Å²) in [5.74, 6) is 0.767. The van der Waals surface area contributed by atoms with Gasteiger partial charge in [0.05, 0.1) is 12.3 Å². The Bertz CT molecular complexity index is 577. The first-order valence-corrected chi connectivity index (χ1v) is 6.63. The third-order valence-corrected chi connectivity index (χ3v) is 3.51. The lowest BCUT2D eigenvalue weighted by Gasteiger charge is -2.28. The molecule has 0 amide bonds. The van der Waals surface area contributed by atoms with Crippen molar-refractivity contribution in [1.82, 2.24) is 9.78 Å². The van der Waals surface area contributed by atoms with Crippen LogP contribution in [0.2, 0.25) is 0 Å². The van der Waals surface area contributed by atoms with Crippen molar-refractivity contribution in [3.05, 3.63) is 47.8 Å². The molecular formula is C15H18N2O2. The lowest BCUT2D eigenvalue weighted by atomic mass is 9.96. The van der Waals surface area contributed by atoms with Gasteiger partial charge in [0, 0.05) is 29.8 Å². The van der Waals surface area contributed by atoms with Crippen LogP contribution >= 0.6 is 0 Å². The van der Waals surface area contributed by atoms with Gasteiger partial charge in [0.2, 0.25) is 0 Å². The molecule has 0 saturated carbocycles. The van der Waals surface area contributed by atoms with E-state index in [1.807, 2.05) is 41.3 Å². The van der Waals surface area contributed by atoms with E-state index in [2.05, 4.69) is 18.9 Å². The van der Waals surface area contributed by atoms with E-state index in [1.54, 1.807) is 0 Å². The monoisotopic (exact) mass is 258 g/mol. The summed E-state index contributed by atoms with van der Waals surface area (Å²) in [5.41, 5.74) is 1.89. The Morgan fingerprint density at radius 3 is 2.89 bits per heavy atom. The Morgan fingerprint density at radius 1 is 1.37 bits per heavy atom. The smallest absolute Gasteiger partial charge is 0.130 e. The summed E-state index contributed by atoms with van der Waals surface area (Å²) in [7, 11) is 0. The Kier molecular flexibility index (Phi) is 3.03. The molecule has 4 nitrogen and oxygen atoms in total. The average molecular weight is 258 g/mol. The molecule has 0 fully saturated rings. The standard InChI is InChI=1S/C15H18N2O2/c1-10(2)17-9-11(8-16-17)15-7-13(18)12-5-3-4-6-14(12)19-15/h3-6,8-10,13,15,18H,7H2,1-2H3/t13-,15?/m0/s1. The van der Waals surface area contributed by atoms with Crippen LogP contribution in [0.3, 0.4) is 0 Å². The summed E-state index contributed by atoms with van der Waals surface area (Å²) in [5, 5.41) is 14.5. The fraction of sp³-hybridized carbons (Fsp3) is 0.400. The highest BCUT2D eigenvalue weighted by Gasteiger charge is 2.28. The summed E-state index contributed by atoms with van der Waals surface area (Å²) in [6.45, 7) is 4.17. The van der Waals surface area contributed by atoms with Gasteiger partial charge < -0.3 is 9.84 Å². The van der Waals surface area contributed by atoms with E-state index in [9.17, 15) is 5.11 Å². The van der Waals surface area contributed by atoms with Crippen LogP contribution in [0.25, 0.3) is 0 Å². The third-order valence-electron chi connectivity index (χ3n) is 3.51. The topological polar surface area (TPSA) is 47.3 Å². The van der Waals surface area contributed by atoms with Crippen molar-refractivity contribution in [3.63, 3.8) is 0 Å². The molecule has 2 aromatic rings. The predicted octanol–water partition coefficient (Wildman–Crippen LogP) is 3.02. The van der Waals surface area contributed by atoms with Crippen molar-refractivity contribution in [2.45, 2.75) is 38.5 Å². The molecule has 1 aromatic carbocycles. The Hall–Kier alpha value is -1.81. The number of fused-ring (bicyclic) bond motifs is 1. The van der Waals surface area contributed by atoms with Gasteiger partial charge >= 0.3 is 0 Å². The second-order valence-electron chi connectivity index (χ2n) is 5.24. The molecule has 1 aromatic heterocycles. The quantitative estimate of drug-likeness (QED) is 0.900. The van der Waals surface area contributed by atoms with E-state index < -0.39 is 6.10 Å². The average Bonchev–Trinajstić information content (AvgIpc) is 2.88. The number of hydrogen-bond acceptors (Lipinski definition) is 3. The molecule has 0 spiro atoms. The molecule has 0 radical (unpaired) electrons. The first-order chi connectivity index (χ1) is 9.15. The molecule has 2 heterocycles. The maximum Gasteiger partial charge on any atom is 0.130 e. The third kappa shape index (κ3) is 2.24. The molecule has 1 N–H and O–H groups in total. The Labute approximate surface area is 112 Å². The second-order valence-corrected chi connectivity index (χ2v) is 5.24. The molecule has 3 rings (SSSR count). The molecule has 1 aliphatic rings. The predicted molar refractivity (Wildman–Crippen MR) is 72.0 cm³/mol. The number of ether oxygens (including phenoxy) is 1. The molecule has 1 aliphatic heterocycles. The SMILES string of the molecule is CC(C)n1cc(C2C[C@H](O)c3ccccc3O2)cn1. The highest BCUT2D eigenvalue weighted by atomic mass is 16.5. The summed E-state index contributed by atoms with van der Waals surface area (Å²) >= 11 is 0. The lowest BCUT2D eigenvalue weighted by Crippen LogP contribution is -2.18. The van der Waals surface area contributed by atoms with Gasteiger partial charge in [-0.1, -0.05) is 18.2 Å². The van der Waals surface area contributed by atoms with Crippen molar-refractivity contribution < 1.29 is 9.84 Å². The van der Waals surface area contributed by atoms with E-state index in [1.165, 1.54) is 0 Å². The van der Waals surface area contributed by atoms with Crippen molar-refractivity contribution >= 4 is 0 Å². The zero-order valence-electron chi connectivity index (χ0n) is 11.2. The highest BCUT2D eigenvalue weighted by Crippen LogP contribution is 2.40. The van der Waals surface area contributed by atoms with Gasteiger partial charge in [-0.25, -0.2) is 0 Å². The summed E-state index contributed by atoms with van der Waals surface area (Å²) in [6, 6.07) is 7.98. The molecule has 0 aliphatic carbocycles. The van der Waals surface area contributed by atoms with Gasteiger partial charge in [-0.3, -0.25) is 4.68 Å². The summed E-state index contributed by atoms with van der Waals surface area (Å²) in [6.07, 6.45) is 3.79. The molecule has 2 atom stereocenters. The van der Waals surface area contributed by atoms with Gasteiger partial charge in [0.25, 0.3) is 0 Å². The van der Waals surface area contributed by atoms with Crippen LogP contribution in [0.1, 0.15) is 49.6 Å². The van der Waals surface area contributed by atoms with E-state index in [-0.39, 0.29) is 6.10 Å². The first kappa shape index (κ1) is 12.2. The van der Waals surface area contributed by atoms with Crippen LogP contribution < -0.4 is 4.74 Å². The number of aromatic nitrogens is 2. The van der Waals surface area contributed by atoms with Crippen LogP contribution in [-0.2, 0) is 0 Å². The van der Waals surface area contributed by atoms with Crippen molar-refractivity contribution in [2.24, 2.45) is 0 Å². The molecule has 100 valence electrons. The maximum atomic E-state index is 10.2. The fourth-order valence-electron chi connectivity index (χ4n) is 2.40. The van der Waals surface area contributed by atoms with Crippen LogP contribution in [0.5, 0.6) is 5.75 Å². The van der Waals surface area contributed by atoms with E-state index >= 15 is 0 Å². The van der Waals surface area contributed by atoms with Gasteiger partial charge in [-0.2, -0.15) is 5.10 Å². The summed E-state index contributed by atoms with van der Waals surface area (Å²) in [4.78, 5) is 0. The minimum atomic E-state index is -0.475. The Balaban J connectivity index is 1.88. The number of aliphatic hydroxyl groups is 1. The Morgan fingerprint density at radius 2 is 2.16 bits per heavy atom. The zero-order valence-corrected chi connectivity index (χ0v) is 11.2. The first-order valence-electron chi connectivity index (χ1n) is 6.63. The van der Waals surface area contributed by atoms with Gasteiger partial charge in [-0.15, -0.1) is 0 Å². The number of para-hydroxylation sites is 1. The maximum absolute atomic E-state index is 10.2. The number of nitrogens with zero attached hydrogens (tertiary/aromatic N) is 2. The molecule has 19 heavy (non-hydrogen) atoms. The molecule has 0 saturated heterocycles. The minimum absolute atomic E-state index is 0.127. The van der Waals surface area contributed by atoms with Crippen molar-refractivity contribution in [2.75, 3.05) is 0 Å². The second kappa shape index (κ2) is 4.70. The van der Waals surface area contributed by atoms with Crippen LogP contribution in [0, 0.1) is 0 Å².